The van der Waals surface area contributed by atoms with E-state index < -0.39 is 0 Å². The molecule has 2 aliphatic rings. The SMILES string of the molecule is CC1CC2(CCCCC2)NC(=O)c2ccccc21. The summed E-state index contributed by atoms with van der Waals surface area (Å²) in [6.07, 6.45) is 7.22. The van der Waals surface area contributed by atoms with Crippen LogP contribution >= 0.6 is 0 Å². The van der Waals surface area contributed by atoms with Gasteiger partial charge in [-0.05, 0) is 36.8 Å². The number of hydrogen-bond acceptors (Lipinski definition) is 1. The normalized spacial score (nSPS) is 26.3. The molecule has 18 heavy (non-hydrogen) atoms. The summed E-state index contributed by atoms with van der Waals surface area (Å²) in [5.74, 6) is 0.607. The summed E-state index contributed by atoms with van der Waals surface area (Å²) in [4.78, 5) is 12.4. The van der Waals surface area contributed by atoms with Crippen LogP contribution in [0.5, 0.6) is 0 Å². The molecule has 1 amide bonds. The predicted molar refractivity (Wildman–Crippen MR) is 72.8 cm³/mol. The molecule has 1 aromatic carbocycles. The standard InChI is InChI=1S/C16H21NO/c1-12-11-16(9-5-2-6-10-16)17-15(18)14-8-4-3-7-13(12)14/h3-4,7-8,12H,2,5-6,9-11H2,1H3,(H,17,18). The monoisotopic (exact) mass is 243 g/mol. The molecule has 0 bridgehead atoms. The third-order valence-electron chi connectivity index (χ3n) is 4.62. The fourth-order valence-electron chi connectivity index (χ4n) is 3.75. The van der Waals surface area contributed by atoms with E-state index in [2.05, 4.69) is 18.3 Å². The number of carbonyl (C=O) groups is 1. The van der Waals surface area contributed by atoms with E-state index >= 15 is 0 Å². The summed E-state index contributed by atoms with van der Waals surface area (Å²) in [5.41, 5.74) is 2.17. The molecule has 1 aromatic rings. The smallest absolute Gasteiger partial charge is 0.251 e. The van der Waals surface area contributed by atoms with Gasteiger partial charge in [-0.1, -0.05) is 44.4 Å². The average molecular weight is 243 g/mol. The van der Waals surface area contributed by atoms with Crippen LogP contribution in [0.25, 0.3) is 0 Å². The Morgan fingerprint density at radius 2 is 1.89 bits per heavy atom. The molecular weight excluding hydrogens is 222 g/mol. The van der Waals surface area contributed by atoms with Crippen molar-refractivity contribution in [3.63, 3.8) is 0 Å². The maximum atomic E-state index is 12.4. The van der Waals surface area contributed by atoms with E-state index in [-0.39, 0.29) is 11.4 Å². The van der Waals surface area contributed by atoms with Gasteiger partial charge < -0.3 is 5.32 Å². The molecule has 1 N–H and O–H groups in total. The van der Waals surface area contributed by atoms with Gasteiger partial charge in [-0.2, -0.15) is 0 Å². The Labute approximate surface area is 109 Å². The van der Waals surface area contributed by atoms with Gasteiger partial charge in [0.05, 0.1) is 0 Å². The number of benzene rings is 1. The Morgan fingerprint density at radius 1 is 1.17 bits per heavy atom. The van der Waals surface area contributed by atoms with Crippen LogP contribution in [0.3, 0.4) is 0 Å². The number of nitrogens with one attached hydrogen (secondary N) is 1. The molecule has 0 radical (unpaired) electrons. The number of hydrogen-bond donors (Lipinski definition) is 1. The lowest BCUT2D eigenvalue weighted by molar-refractivity contribution is 0.0868. The molecule has 2 nitrogen and oxygen atoms in total. The zero-order chi connectivity index (χ0) is 12.6. The van der Waals surface area contributed by atoms with Crippen molar-refractivity contribution in [3.05, 3.63) is 35.4 Å². The summed E-state index contributed by atoms with van der Waals surface area (Å²) in [7, 11) is 0. The summed E-state index contributed by atoms with van der Waals surface area (Å²) in [6.45, 7) is 2.26. The third-order valence-corrected chi connectivity index (χ3v) is 4.62. The molecule has 1 aliphatic carbocycles. The molecule has 0 aromatic heterocycles. The molecule has 96 valence electrons. The Balaban J connectivity index is 1.98. The van der Waals surface area contributed by atoms with Gasteiger partial charge in [0.2, 0.25) is 0 Å². The first kappa shape index (κ1) is 11.8. The minimum Gasteiger partial charge on any atom is -0.347 e. The van der Waals surface area contributed by atoms with Gasteiger partial charge in [-0.15, -0.1) is 0 Å². The lowest BCUT2D eigenvalue weighted by Gasteiger charge is -2.38. The summed E-state index contributed by atoms with van der Waals surface area (Å²) in [6, 6.07) is 8.08. The first-order valence-corrected chi connectivity index (χ1v) is 7.12. The van der Waals surface area contributed by atoms with Crippen LogP contribution in [0, 0.1) is 0 Å². The van der Waals surface area contributed by atoms with Crippen LogP contribution in [0.15, 0.2) is 24.3 Å². The third kappa shape index (κ3) is 1.94. The van der Waals surface area contributed by atoms with E-state index in [1.165, 1.54) is 24.8 Å². The van der Waals surface area contributed by atoms with Crippen molar-refractivity contribution in [2.24, 2.45) is 0 Å². The fourth-order valence-corrected chi connectivity index (χ4v) is 3.75. The first-order valence-electron chi connectivity index (χ1n) is 7.12. The minimum absolute atomic E-state index is 0.0633. The van der Waals surface area contributed by atoms with Gasteiger partial charge in [0.25, 0.3) is 5.91 Å². The zero-order valence-corrected chi connectivity index (χ0v) is 11.0. The van der Waals surface area contributed by atoms with Crippen LogP contribution in [0.2, 0.25) is 0 Å². The second-order valence-corrected chi connectivity index (χ2v) is 5.99. The van der Waals surface area contributed by atoms with Crippen molar-refractivity contribution in [1.82, 2.24) is 5.32 Å². The molecule has 1 spiro atoms. The minimum atomic E-state index is 0.0633. The molecule has 0 saturated heterocycles. The lowest BCUT2D eigenvalue weighted by Crippen LogP contribution is -2.49. The van der Waals surface area contributed by atoms with Crippen LogP contribution in [0.4, 0.5) is 0 Å². The highest BCUT2D eigenvalue weighted by molar-refractivity contribution is 5.96. The van der Waals surface area contributed by atoms with E-state index in [1.54, 1.807) is 0 Å². The summed E-state index contributed by atoms with van der Waals surface area (Å²) >= 11 is 0. The molecule has 1 saturated carbocycles. The Kier molecular flexibility index (Phi) is 2.89. The predicted octanol–water partition coefficient (Wildman–Crippen LogP) is 3.63. The Hall–Kier alpha value is -1.31. The second kappa shape index (κ2) is 4.42. The van der Waals surface area contributed by atoms with E-state index in [4.69, 9.17) is 0 Å². The quantitative estimate of drug-likeness (QED) is 0.740. The number of carbonyl (C=O) groups excluding carboxylic acids is 1. The van der Waals surface area contributed by atoms with Crippen molar-refractivity contribution in [3.8, 4) is 0 Å². The van der Waals surface area contributed by atoms with Crippen molar-refractivity contribution in [2.45, 2.75) is 56.9 Å². The molecule has 1 aliphatic heterocycles. The first-order chi connectivity index (χ1) is 8.70. The summed E-state index contributed by atoms with van der Waals surface area (Å²) < 4.78 is 0. The van der Waals surface area contributed by atoms with Crippen molar-refractivity contribution in [1.29, 1.82) is 0 Å². The molecule has 2 heteroatoms. The van der Waals surface area contributed by atoms with E-state index in [0.29, 0.717) is 5.92 Å². The molecule has 1 atom stereocenters. The van der Waals surface area contributed by atoms with Crippen molar-refractivity contribution >= 4 is 5.91 Å². The average Bonchev–Trinajstić information content (AvgIpc) is 2.48. The number of fused-ring (bicyclic) bond motifs is 1. The Morgan fingerprint density at radius 3 is 2.67 bits per heavy atom. The van der Waals surface area contributed by atoms with Gasteiger partial charge in [0, 0.05) is 11.1 Å². The second-order valence-electron chi connectivity index (χ2n) is 5.99. The molecular formula is C16H21NO. The molecule has 3 rings (SSSR count). The lowest BCUT2D eigenvalue weighted by atomic mass is 9.75. The highest BCUT2D eigenvalue weighted by Crippen LogP contribution is 2.39. The molecule has 1 unspecified atom stereocenters. The van der Waals surface area contributed by atoms with Gasteiger partial charge in [-0.3, -0.25) is 4.79 Å². The summed E-state index contributed by atoms with van der Waals surface area (Å²) in [5, 5.41) is 3.34. The highest BCUT2D eigenvalue weighted by Gasteiger charge is 2.38. The highest BCUT2D eigenvalue weighted by atomic mass is 16.1. The zero-order valence-electron chi connectivity index (χ0n) is 11.0. The van der Waals surface area contributed by atoms with Crippen LogP contribution < -0.4 is 5.32 Å². The number of amides is 1. The largest absolute Gasteiger partial charge is 0.347 e. The number of rotatable bonds is 0. The molecule has 1 fully saturated rings. The van der Waals surface area contributed by atoms with Crippen LogP contribution in [-0.4, -0.2) is 11.4 Å². The molecule has 1 heterocycles. The van der Waals surface area contributed by atoms with Gasteiger partial charge in [0.15, 0.2) is 0 Å². The topological polar surface area (TPSA) is 29.1 Å². The van der Waals surface area contributed by atoms with Gasteiger partial charge in [-0.25, -0.2) is 0 Å². The van der Waals surface area contributed by atoms with E-state index in [9.17, 15) is 4.79 Å². The van der Waals surface area contributed by atoms with Crippen molar-refractivity contribution < 1.29 is 4.79 Å². The Bertz CT molecular complexity index is 460. The van der Waals surface area contributed by atoms with E-state index in [0.717, 1.165) is 24.8 Å². The van der Waals surface area contributed by atoms with Gasteiger partial charge >= 0.3 is 0 Å². The maximum Gasteiger partial charge on any atom is 0.251 e. The van der Waals surface area contributed by atoms with Crippen molar-refractivity contribution in [2.75, 3.05) is 0 Å². The fraction of sp³-hybridized carbons (Fsp3) is 0.562. The maximum absolute atomic E-state index is 12.4. The van der Waals surface area contributed by atoms with Crippen LogP contribution in [-0.2, 0) is 0 Å². The van der Waals surface area contributed by atoms with Gasteiger partial charge in [0.1, 0.15) is 0 Å². The van der Waals surface area contributed by atoms with E-state index in [1.807, 2.05) is 18.2 Å². The van der Waals surface area contributed by atoms with Crippen LogP contribution in [0.1, 0.15) is 67.3 Å².